The molecule has 0 aliphatic carbocycles. The van der Waals surface area contributed by atoms with Gasteiger partial charge in [0.25, 0.3) is 11.8 Å². The number of carbonyl (C=O) groups is 2. The molecule has 0 aromatic carbocycles. The van der Waals surface area contributed by atoms with Crippen molar-refractivity contribution in [1.29, 1.82) is 0 Å². The standard InChI is InChI=1S/C24H25F7N10O2/c25-16(4-6-40(33)12-19(32)21(42)36-9-17-2-1-15(8-35-17)24(29,30)31)11-41-13-20(38-39-41)22(43)37-10-18-7-14(3-5-34-18)23(26,27)28/h1-3,5,7-8,12-13,16H,4,6,9-11,32-33H2,(H,36,42)(H,37,43)/b19-12-. The largest absolute Gasteiger partial charge is 0.417 e. The third kappa shape index (κ3) is 10.2. The van der Waals surface area contributed by atoms with Crippen LogP contribution in [0.5, 0.6) is 0 Å². The number of carbonyl (C=O) groups excluding carboxylic acids is 2. The number of hydrogen-bond acceptors (Lipinski definition) is 9. The maximum atomic E-state index is 14.5. The number of nitrogens with one attached hydrogen (secondary N) is 2. The summed E-state index contributed by atoms with van der Waals surface area (Å²) in [6, 6.07) is 3.51. The fourth-order valence-corrected chi connectivity index (χ4v) is 3.36. The second-order valence-corrected chi connectivity index (χ2v) is 8.97. The maximum absolute atomic E-state index is 14.5. The van der Waals surface area contributed by atoms with E-state index >= 15 is 0 Å². The Morgan fingerprint density at radius 3 is 2.35 bits per heavy atom. The molecule has 43 heavy (non-hydrogen) atoms. The summed E-state index contributed by atoms with van der Waals surface area (Å²) in [5.41, 5.74) is 3.38. The molecule has 19 heteroatoms. The van der Waals surface area contributed by atoms with E-state index in [9.17, 15) is 40.3 Å². The quantitative estimate of drug-likeness (QED) is 0.103. The van der Waals surface area contributed by atoms with Gasteiger partial charge >= 0.3 is 12.4 Å². The Morgan fingerprint density at radius 2 is 1.70 bits per heavy atom. The van der Waals surface area contributed by atoms with Crippen molar-refractivity contribution in [3.8, 4) is 0 Å². The number of hydrogen-bond donors (Lipinski definition) is 4. The molecule has 0 radical (unpaired) electrons. The average Bonchev–Trinajstić information content (AvgIpc) is 3.41. The first kappa shape index (κ1) is 32.7. The number of rotatable bonds is 12. The van der Waals surface area contributed by atoms with E-state index in [2.05, 4.69) is 30.9 Å². The van der Waals surface area contributed by atoms with E-state index in [0.717, 1.165) is 52.5 Å². The monoisotopic (exact) mass is 618 g/mol. The molecule has 1 unspecified atom stereocenters. The van der Waals surface area contributed by atoms with Gasteiger partial charge < -0.3 is 21.4 Å². The molecule has 12 nitrogen and oxygen atoms in total. The van der Waals surface area contributed by atoms with Crippen LogP contribution in [-0.4, -0.2) is 54.5 Å². The van der Waals surface area contributed by atoms with Crippen molar-refractivity contribution in [2.45, 2.75) is 44.6 Å². The Bertz CT molecular complexity index is 1420. The molecule has 0 saturated heterocycles. The first-order valence-electron chi connectivity index (χ1n) is 12.3. The van der Waals surface area contributed by atoms with E-state index < -0.39 is 41.5 Å². The first-order chi connectivity index (χ1) is 20.1. The number of amides is 2. The van der Waals surface area contributed by atoms with Crippen molar-refractivity contribution in [2.24, 2.45) is 11.6 Å². The van der Waals surface area contributed by atoms with Crippen LogP contribution in [-0.2, 0) is 36.8 Å². The molecule has 232 valence electrons. The lowest BCUT2D eigenvalue weighted by atomic mass is 10.2. The summed E-state index contributed by atoms with van der Waals surface area (Å²) in [5.74, 6) is 4.19. The summed E-state index contributed by atoms with van der Waals surface area (Å²) in [5, 5.41) is 13.0. The molecular weight excluding hydrogens is 593 g/mol. The molecule has 0 fully saturated rings. The summed E-state index contributed by atoms with van der Waals surface area (Å²) < 4.78 is 91.8. The second-order valence-electron chi connectivity index (χ2n) is 8.97. The van der Waals surface area contributed by atoms with Crippen molar-refractivity contribution in [3.05, 3.63) is 83.0 Å². The molecule has 1 atom stereocenters. The van der Waals surface area contributed by atoms with E-state index in [1.807, 2.05) is 0 Å². The summed E-state index contributed by atoms with van der Waals surface area (Å²) in [6.07, 6.45) is -6.99. The Balaban J connectivity index is 1.41. The predicted molar refractivity (Wildman–Crippen MR) is 134 cm³/mol. The highest BCUT2D eigenvalue weighted by Gasteiger charge is 2.31. The van der Waals surface area contributed by atoms with Crippen molar-refractivity contribution in [3.63, 3.8) is 0 Å². The minimum Gasteiger partial charge on any atom is -0.393 e. The number of alkyl halides is 7. The van der Waals surface area contributed by atoms with Gasteiger partial charge in [-0.25, -0.2) is 14.9 Å². The second kappa shape index (κ2) is 13.9. The average molecular weight is 619 g/mol. The Kier molecular flexibility index (Phi) is 10.6. The minimum absolute atomic E-state index is 0.0333. The van der Waals surface area contributed by atoms with Gasteiger partial charge in [0.05, 0.1) is 48.3 Å². The number of halogens is 7. The van der Waals surface area contributed by atoms with Crippen LogP contribution in [0.3, 0.4) is 0 Å². The van der Waals surface area contributed by atoms with Crippen molar-refractivity contribution in [1.82, 2.24) is 40.6 Å². The van der Waals surface area contributed by atoms with Crippen LogP contribution in [0.25, 0.3) is 0 Å². The van der Waals surface area contributed by atoms with E-state index in [-0.39, 0.29) is 55.4 Å². The van der Waals surface area contributed by atoms with Gasteiger partial charge in [-0.1, -0.05) is 5.21 Å². The van der Waals surface area contributed by atoms with Gasteiger partial charge in [-0.2, -0.15) is 26.3 Å². The van der Waals surface area contributed by atoms with Crippen molar-refractivity contribution in [2.75, 3.05) is 6.54 Å². The lowest BCUT2D eigenvalue weighted by molar-refractivity contribution is -0.138. The Morgan fingerprint density at radius 1 is 1.00 bits per heavy atom. The fourth-order valence-electron chi connectivity index (χ4n) is 3.36. The number of hydrazine groups is 1. The molecule has 3 heterocycles. The highest BCUT2D eigenvalue weighted by Crippen LogP contribution is 2.29. The summed E-state index contributed by atoms with van der Waals surface area (Å²) in [6.45, 7) is -0.929. The van der Waals surface area contributed by atoms with Gasteiger partial charge in [-0.05, 0) is 30.7 Å². The molecule has 0 spiro atoms. The van der Waals surface area contributed by atoms with Gasteiger partial charge in [0.2, 0.25) is 0 Å². The molecule has 6 N–H and O–H groups in total. The van der Waals surface area contributed by atoms with Crippen LogP contribution in [0.4, 0.5) is 30.7 Å². The van der Waals surface area contributed by atoms with Gasteiger partial charge in [0.1, 0.15) is 11.9 Å². The van der Waals surface area contributed by atoms with Gasteiger partial charge in [-0.15, -0.1) is 5.10 Å². The van der Waals surface area contributed by atoms with Crippen LogP contribution in [0.2, 0.25) is 0 Å². The molecular formula is C24H25F7N10O2. The van der Waals surface area contributed by atoms with Crippen LogP contribution in [0.15, 0.2) is 54.8 Å². The SMILES string of the molecule is N/C(=C\N(N)CCC(F)Cn1cc(C(=O)NCc2cc(C(F)(F)F)ccn2)nn1)C(=O)NCc1ccc(C(F)(F)F)cn1. The molecule has 3 rings (SSSR count). The number of nitrogens with two attached hydrogens (primary N) is 2. The van der Waals surface area contributed by atoms with Gasteiger partial charge in [0.15, 0.2) is 5.69 Å². The first-order valence-corrected chi connectivity index (χ1v) is 12.3. The maximum Gasteiger partial charge on any atom is 0.417 e. The number of aromatic nitrogens is 5. The van der Waals surface area contributed by atoms with Crippen molar-refractivity contribution >= 4 is 11.8 Å². The highest BCUT2D eigenvalue weighted by atomic mass is 19.4. The Hall–Kier alpha value is -4.81. The lowest BCUT2D eigenvalue weighted by Crippen LogP contribution is -2.34. The molecule has 0 aliphatic rings. The predicted octanol–water partition coefficient (Wildman–Crippen LogP) is 2.06. The summed E-state index contributed by atoms with van der Waals surface area (Å²) in [7, 11) is 0. The third-order valence-corrected chi connectivity index (χ3v) is 5.58. The molecule has 0 saturated carbocycles. The Labute approximate surface area is 238 Å². The van der Waals surface area contributed by atoms with Crippen LogP contribution in [0, 0.1) is 0 Å². The van der Waals surface area contributed by atoms with E-state index in [4.69, 9.17) is 11.6 Å². The van der Waals surface area contributed by atoms with Gasteiger partial charge in [0, 0.05) is 25.1 Å². The molecule has 0 bridgehead atoms. The third-order valence-electron chi connectivity index (χ3n) is 5.58. The molecule has 3 aromatic rings. The molecule has 0 aliphatic heterocycles. The zero-order valence-corrected chi connectivity index (χ0v) is 22.0. The topological polar surface area (TPSA) is 170 Å². The van der Waals surface area contributed by atoms with E-state index in [1.165, 1.54) is 0 Å². The fraction of sp³-hybridized carbons (Fsp3) is 0.333. The summed E-state index contributed by atoms with van der Waals surface area (Å²) in [4.78, 5) is 31.8. The normalized spacial score (nSPS) is 13.0. The summed E-state index contributed by atoms with van der Waals surface area (Å²) >= 11 is 0. The molecule has 3 aromatic heterocycles. The van der Waals surface area contributed by atoms with E-state index in [0.29, 0.717) is 6.20 Å². The highest BCUT2D eigenvalue weighted by molar-refractivity contribution is 5.92. The lowest BCUT2D eigenvalue weighted by Gasteiger charge is -2.16. The zero-order valence-electron chi connectivity index (χ0n) is 22.0. The van der Waals surface area contributed by atoms with E-state index in [1.54, 1.807) is 0 Å². The minimum atomic E-state index is -4.56. The van der Waals surface area contributed by atoms with Gasteiger partial charge in [-0.3, -0.25) is 19.6 Å². The van der Waals surface area contributed by atoms with Crippen LogP contribution in [0.1, 0.15) is 39.4 Å². The number of pyridine rings is 2. The van der Waals surface area contributed by atoms with Crippen LogP contribution < -0.4 is 22.2 Å². The zero-order chi connectivity index (χ0) is 31.8. The molecule has 2 amide bonds. The van der Waals surface area contributed by atoms with Crippen LogP contribution >= 0.6 is 0 Å². The smallest absolute Gasteiger partial charge is 0.393 e. The number of nitrogens with zero attached hydrogens (tertiary/aromatic N) is 6. The van der Waals surface area contributed by atoms with Crippen molar-refractivity contribution < 1.29 is 40.3 Å².